The van der Waals surface area contributed by atoms with Gasteiger partial charge in [0.25, 0.3) is 27.8 Å². The summed E-state index contributed by atoms with van der Waals surface area (Å²) in [7, 11) is -5.84. The van der Waals surface area contributed by atoms with Gasteiger partial charge in [0, 0.05) is 102 Å². The summed E-state index contributed by atoms with van der Waals surface area (Å²) >= 11 is 3.34. The summed E-state index contributed by atoms with van der Waals surface area (Å²) in [5.74, 6) is 1.07. The third-order valence-electron chi connectivity index (χ3n) is 17.8. The van der Waals surface area contributed by atoms with E-state index in [1.165, 1.54) is 36.1 Å². The number of amides is 2. The van der Waals surface area contributed by atoms with Crippen LogP contribution in [-0.2, 0) is 23.8 Å². The summed E-state index contributed by atoms with van der Waals surface area (Å²) in [5.41, 5.74) is -0.662. The van der Waals surface area contributed by atoms with Gasteiger partial charge in [-0.2, -0.15) is 21.6 Å². The fourth-order valence-electron chi connectivity index (χ4n) is 12.2. The van der Waals surface area contributed by atoms with Crippen LogP contribution >= 0.6 is 15.9 Å². The van der Waals surface area contributed by atoms with E-state index < -0.39 is 38.8 Å². The van der Waals surface area contributed by atoms with Gasteiger partial charge in [0.2, 0.25) is 5.88 Å². The van der Waals surface area contributed by atoms with Gasteiger partial charge in [-0.05, 0) is 258 Å². The van der Waals surface area contributed by atoms with Gasteiger partial charge >= 0.3 is 57.4 Å². The Morgan fingerprint density at radius 1 is 0.532 bits per heavy atom. The first-order valence-corrected chi connectivity index (χ1v) is 37.6. The van der Waals surface area contributed by atoms with Crippen molar-refractivity contribution in [3.63, 3.8) is 0 Å². The molecule has 1 fully saturated rings. The second kappa shape index (κ2) is 38.0. The third-order valence-corrected chi connectivity index (χ3v) is 19.3. The van der Waals surface area contributed by atoms with Gasteiger partial charge in [0.05, 0.1) is 5.70 Å². The number of fused-ring (bicyclic) bond motifs is 5. The molecule has 0 aliphatic carbocycles. The van der Waals surface area contributed by atoms with E-state index in [-0.39, 0.29) is 92.2 Å². The fourth-order valence-corrected chi connectivity index (χ4v) is 13.1. The number of aromatic nitrogens is 5. The molecule has 571 valence electrons. The Morgan fingerprint density at radius 3 is 1.44 bits per heavy atom. The number of ether oxygens (including phenoxy) is 2. The number of allylic oxidation sites excluding steroid dienone is 2. The Bertz CT molecular complexity index is 5330. The van der Waals surface area contributed by atoms with Crippen LogP contribution in [0, 0.1) is 30.6 Å². The third kappa shape index (κ3) is 24.2. The van der Waals surface area contributed by atoms with Gasteiger partial charge in [-0.1, -0.05) is 85.6 Å². The average molecular weight is 1590 g/mol. The molecule has 28 heteroatoms. The molecular weight excluding hydrogens is 1490 g/mol. The van der Waals surface area contributed by atoms with Crippen molar-refractivity contribution in [2.75, 3.05) is 26.2 Å². The zero-order valence-corrected chi connectivity index (χ0v) is 67.7. The van der Waals surface area contributed by atoms with Gasteiger partial charge in [-0.3, -0.25) is 33.9 Å². The van der Waals surface area contributed by atoms with Gasteiger partial charge in [-0.25, -0.2) is 14.5 Å². The topological polar surface area (TPSA) is 291 Å². The number of halogens is 4. The number of piperidine rings is 1. The van der Waals surface area contributed by atoms with Crippen molar-refractivity contribution >= 4 is 112 Å². The van der Waals surface area contributed by atoms with Crippen LogP contribution in [0.4, 0.5) is 22.8 Å². The van der Waals surface area contributed by atoms with Crippen molar-refractivity contribution in [3.05, 3.63) is 249 Å². The van der Waals surface area contributed by atoms with Gasteiger partial charge in [0.15, 0.2) is 0 Å². The Morgan fingerprint density at radius 2 is 0.963 bits per heavy atom. The quantitative estimate of drug-likeness (QED) is 0.0531. The molecule has 5 atom stereocenters. The number of benzene rings is 5. The van der Waals surface area contributed by atoms with Crippen LogP contribution in [0.25, 0.3) is 59.6 Å². The number of carbonyl (C=O) groups is 2. The maximum absolute atomic E-state index is 12.7. The summed E-state index contributed by atoms with van der Waals surface area (Å²) in [4.78, 5) is 103. The Balaban J connectivity index is 0.000000208. The van der Waals surface area contributed by atoms with Crippen LogP contribution in [0.3, 0.4) is 0 Å². The molecule has 3 radical (unpaired) electrons. The molecule has 1 saturated heterocycles. The van der Waals surface area contributed by atoms with Crippen molar-refractivity contribution in [2.45, 2.75) is 137 Å². The van der Waals surface area contributed by atoms with E-state index in [1.807, 2.05) is 119 Å². The number of pyridine rings is 5. The van der Waals surface area contributed by atoms with Crippen molar-refractivity contribution in [3.8, 4) is 0 Å². The van der Waals surface area contributed by atoms with Crippen LogP contribution < -0.4 is 62.7 Å². The number of hydrogen-bond acceptors (Lipinski definition) is 14. The molecule has 9 heterocycles. The van der Waals surface area contributed by atoms with Crippen molar-refractivity contribution in [1.29, 1.82) is 0 Å². The Kier molecular flexibility index (Phi) is 30.4. The number of aromatic amines is 5. The monoisotopic (exact) mass is 1580 g/mol. The molecule has 0 saturated carbocycles. The molecule has 10 aromatic rings. The van der Waals surface area contributed by atoms with Crippen LogP contribution in [0.1, 0.15) is 137 Å². The number of nitrogens with zero attached hydrogens (tertiary/aromatic N) is 3. The summed E-state index contributed by atoms with van der Waals surface area (Å²) < 4.78 is 75.0. The second-order valence-corrected chi connectivity index (χ2v) is 31.8. The maximum atomic E-state index is 12.7. The number of rotatable bonds is 5. The van der Waals surface area contributed by atoms with Crippen molar-refractivity contribution in [2.24, 2.45) is 28.7 Å². The summed E-state index contributed by atoms with van der Waals surface area (Å²) in [6.45, 7) is 23.3. The summed E-state index contributed by atoms with van der Waals surface area (Å²) in [6.07, 6.45) is 16.1. The molecule has 0 spiro atoms. The molecular formula is C81H92BBrF3N9NaO12S. The van der Waals surface area contributed by atoms with Crippen LogP contribution in [0.5, 0.6) is 0 Å². The largest absolute Gasteiger partial charge is 1.00 e. The number of aryl methyl sites for hydroxylation is 1. The number of carbonyl (C=O) groups excluding carboxylic acids is 2. The van der Waals surface area contributed by atoms with E-state index in [0.717, 1.165) is 113 Å². The first-order chi connectivity index (χ1) is 50.5. The van der Waals surface area contributed by atoms with E-state index in [1.54, 1.807) is 75.7 Å². The molecule has 6 N–H and O–H groups in total. The molecule has 5 aromatic carbocycles. The smallest absolute Gasteiger partial charge is 1.00 e. The summed E-state index contributed by atoms with van der Waals surface area (Å²) in [6, 6.07) is 39.1. The van der Waals surface area contributed by atoms with Crippen LogP contribution in [0.2, 0.25) is 0 Å². The first kappa shape index (κ1) is 87.1. The number of hydrogen-bond donors (Lipinski definition) is 6. The number of H-pyrrole nitrogens is 5. The minimum Gasteiger partial charge on any atom is -1.00 e. The van der Waals surface area contributed by atoms with Crippen molar-refractivity contribution < 1.29 is 75.8 Å². The van der Waals surface area contributed by atoms with Crippen LogP contribution in [-0.4, -0.2) is 112 Å². The number of alkyl halides is 3. The summed E-state index contributed by atoms with van der Waals surface area (Å²) in [5, 5.41) is 12.0. The minimum absolute atomic E-state index is 0. The molecule has 21 nitrogen and oxygen atoms in total. The molecule has 4 aliphatic heterocycles. The van der Waals surface area contributed by atoms with E-state index in [2.05, 4.69) is 100 Å². The molecule has 0 bridgehead atoms. The van der Waals surface area contributed by atoms with Crippen LogP contribution in [0.15, 0.2) is 204 Å². The molecule has 14 rings (SSSR count). The molecule has 4 aliphatic rings. The molecule has 2 amide bonds. The van der Waals surface area contributed by atoms with E-state index in [4.69, 9.17) is 9.47 Å². The molecule has 109 heavy (non-hydrogen) atoms. The van der Waals surface area contributed by atoms with Gasteiger partial charge in [0.1, 0.15) is 11.2 Å². The van der Waals surface area contributed by atoms with Gasteiger partial charge < -0.3 is 45.3 Å². The van der Waals surface area contributed by atoms with Gasteiger partial charge in [-0.15, -0.1) is 0 Å². The average Bonchev–Trinajstić information content (AvgIpc) is 0.775. The first-order valence-electron chi connectivity index (χ1n) is 35.4. The normalized spacial score (nSPS) is 17.9. The predicted octanol–water partition coefficient (Wildman–Crippen LogP) is 13.3. The second-order valence-electron chi connectivity index (χ2n) is 29.4. The maximum Gasteiger partial charge on any atom is 1.00 e. The number of nitrogens with one attached hydrogen (secondary N) is 6. The zero-order valence-electron chi connectivity index (χ0n) is 64.3. The Labute approximate surface area is 664 Å². The molecule has 5 unspecified atom stereocenters. The predicted molar refractivity (Wildman–Crippen MR) is 427 cm³/mol. The fraction of sp³-hybridized carbons (Fsp3) is 0.358. The van der Waals surface area contributed by atoms with E-state index >= 15 is 0 Å². The molecule has 5 aromatic heterocycles. The number of aliphatic imine (C=N–C) groups is 1. The van der Waals surface area contributed by atoms with E-state index in [0.29, 0.717) is 29.8 Å². The minimum atomic E-state index is -5.84. The van der Waals surface area contributed by atoms with E-state index in [9.17, 15) is 55.2 Å². The Hall–Kier alpha value is -9.12. The SMILES string of the molecule is CC1CC=C(OS(=O)(=O)C(F)(F)F)N(C(=O)OC(C)(C)C)C1.CC1CC=C(c2ccc3c(=O)[nH]ccc3c2)N(C(=O)OC(C)(C)C)C1.CC1CCC(c2ccc3c(=O)[nH]ccc3c2)=NC1.CC1CCC(c2ccc3c(=O)[nH]ccc3c2)NC1.Cc1ccc2c(=O)[nH]ccc2c1.O=c1[nH]ccc2cc(Br)ccc12.[B].[H-].[Na+]. The standard InChI is InChI=1S/C20H24N2O3.C15H18N2O.C15H16N2O.C12H18F3NO5S.C10H9NO.C9H6BrNO.B.Na.H/c1-13-5-8-17(22(12-13)19(24)25-20(2,3)4)15-6-7-16-14(11-15)9-10-21-18(16)23;2*1-10-2-5-14(17-9-10)12-3-4-13-11(8-12)6-7-16-15(13)18;1-8-5-6-9(21-22(18,19)12(13,14)15)16(7-8)10(17)20-11(2,3)4;1-7-2-3-9-8(6-7)4-5-11-10(9)12;10-7-1-2-8-6(5-7)3-4-11-9(8)12;;;/h6-11,13H,5,12H2,1-4H3,(H,21,23);3-4,6-8,10,14,17H,2,5,9H2,1H3,(H,16,18);3-4,6-8,10H,2,5,9H2,1H3,(H,16,18);6,8H,5,7H2,1-4H3;2-6H,1H3,(H,11,12);1-5H,(H,11,12);;;/q;;;;;;;+1;-1. The van der Waals surface area contributed by atoms with Crippen molar-refractivity contribution in [1.82, 2.24) is 40.0 Å². The zero-order chi connectivity index (χ0) is 77.7.